The summed E-state index contributed by atoms with van der Waals surface area (Å²) in [5.74, 6) is -0.719. The van der Waals surface area contributed by atoms with Crippen LogP contribution in [0, 0.1) is 5.92 Å². The zero-order chi connectivity index (χ0) is 13.8. The predicted molar refractivity (Wildman–Crippen MR) is 68.2 cm³/mol. The highest BCUT2D eigenvalue weighted by Crippen LogP contribution is 2.51. The normalized spacial score (nSPS) is 29.3. The number of carbonyl (C=O) groups excluding carboxylic acids is 3. The van der Waals surface area contributed by atoms with E-state index in [0.717, 1.165) is 16.2 Å². The Morgan fingerprint density at radius 1 is 1.32 bits per heavy atom. The Balaban J connectivity index is 2.32. The second-order valence-electron chi connectivity index (χ2n) is 5.12. The number of fused-ring (bicyclic) bond motifs is 2. The molecule has 1 spiro atoms. The number of carbonyl (C=O) groups is 3. The summed E-state index contributed by atoms with van der Waals surface area (Å²) in [4.78, 5) is 38.6. The van der Waals surface area contributed by atoms with E-state index in [4.69, 9.17) is 0 Å². The van der Waals surface area contributed by atoms with E-state index in [2.05, 4.69) is 0 Å². The highest BCUT2D eigenvalue weighted by Gasteiger charge is 2.62. The topological polar surface area (TPSA) is 57.7 Å². The molecule has 0 aliphatic carbocycles. The minimum Gasteiger partial charge on any atom is -0.313 e. The van der Waals surface area contributed by atoms with Crippen molar-refractivity contribution in [2.24, 2.45) is 5.92 Å². The van der Waals surface area contributed by atoms with Gasteiger partial charge < -0.3 is 4.90 Å². The van der Waals surface area contributed by atoms with E-state index in [0.29, 0.717) is 6.41 Å². The van der Waals surface area contributed by atoms with Crippen molar-refractivity contribution in [1.82, 2.24) is 4.90 Å². The van der Waals surface area contributed by atoms with Gasteiger partial charge in [-0.1, -0.05) is 25.1 Å². The fourth-order valence-corrected chi connectivity index (χ4v) is 3.36. The summed E-state index contributed by atoms with van der Waals surface area (Å²) in [6, 6.07) is 7.32. The van der Waals surface area contributed by atoms with Gasteiger partial charge in [0.25, 0.3) is 5.91 Å². The van der Waals surface area contributed by atoms with Gasteiger partial charge in [-0.3, -0.25) is 19.3 Å². The van der Waals surface area contributed by atoms with Gasteiger partial charge in [-0.05, 0) is 6.07 Å². The van der Waals surface area contributed by atoms with E-state index in [9.17, 15) is 14.4 Å². The molecular formula is C14H14N2O3. The Bertz CT molecular complexity index is 598. The predicted octanol–water partition coefficient (Wildman–Crippen LogP) is 0.883. The Morgan fingerprint density at radius 3 is 2.68 bits per heavy atom. The number of hydrogen-bond donors (Lipinski definition) is 0. The third kappa shape index (κ3) is 1.17. The van der Waals surface area contributed by atoms with Crippen LogP contribution < -0.4 is 4.90 Å². The number of hydrogen-bond acceptors (Lipinski definition) is 3. The van der Waals surface area contributed by atoms with Gasteiger partial charge >= 0.3 is 0 Å². The lowest BCUT2D eigenvalue weighted by molar-refractivity contribution is -0.147. The van der Waals surface area contributed by atoms with Gasteiger partial charge in [0, 0.05) is 30.6 Å². The van der Waals surface area contributed by atoms with Gasteiger partial charge in [0.1, 0.15) is 0 Å². The van der Waals surface area contributed by atoms with Crippen LogP contribution in [0.15, 0.2) is 24.3 Å². The number of amides is 3. The van der Waals surface area contributed by atoms with Crippen molar-refractivity contribution in [3.05, 3.63) is 29.8 Å². The first-order chi connectivity index (χ1) is 9.05. The summed E-state index contributed by atoms with van der Waals surface area (Å²) in [6.45, 7) is 1.84. The van der Waals surface area contributed by atoms with E-state index in [1.807, 2.05) is 31.2 Å². The number of benzene rings is 1. The van der Waals surface area contributed by atoms with Gasteiger partial charge in [0.05, 0.1) is 0 Å². The minimum atomic E-state index is -1.15. The zero-order valence-corrected chi connectivity index (χ0v) is 10.8. The number of para-hydroxylation sites is 1. The molecule has 98 valence electrons. The molecule has 0 saturated carbocycles. The van der Waals surface area contributed by atoms with Crippen LogP contribution in [0.5, 0.6) is 0 Å². The maximum absolute atomic E-state index is 12.7. The van der Waals surface area contributed by atoms with Crippen molar-refractivity contribution in [2.75, 3.05) is 11.9 Å². The van der Waals surface area contributed by atoms with Crippen molar-refractivity contribution < 1.29 is 14.4 Å². The SMILES string of the molecule is CC1CC(=O)N(C=O)C12C(=O)N(C)c1ccccc12. The first kappa shape index (κ1) is 11.9. The summed E-state index contributed by atoms with van der Waals surface area (Å²) in [7, 11) is 1.68. The molecule has 1 fully saturated rings. The van der Waals surface area contributed by atoms with Gasteiger partial charge in [-0.2, -0.15) is 0 Å². The zero-order valence-electron chi connectivity index (χ0n) is 10.8. The average molecular weight is 258 g/mol. The molecule has 0 bridgehead atoms. The number of anilines is 1. The molecule has 0 aromatic heterocycles. The number of rotatable bonds is 1. The van der Waals surface area contributed by atoms with Crippen molar-refractivity contribution in [3.63, 3.8) is 0 Å². The fraction of sp³-hybridized carbons (Fsp3) is 0.357. The summed E-state index contributed by atoms with van der Waals surface area (Å²) in [6.07, 6.45) is 0.701. The molecule has 0 radical (unpaired) electrons. The molecule has 3 amide bonds. The first-order valence-electron chi connectivity index (χ1n) is 6.20. The minimum absolute atomic E-state index is 0.209. The van der Waals surface area contributed by atoms with Crippen LogP contribution >= 0.6 is 0 Å². The summed E-state index contributed by atoms with van der Waals surface area (Å²) in [5, 5.41) is 0. The summed E-state index contributed by atoms with van der Waals surface area (Å²) < 4.78 is 0. The maximum atomic E-state index is 12.7. The van der Waals surface area contributed by atoms with Crippen LogP contribution in [0.25, 0.3) is 0 Å². The quantitative estimate of drug-likeness (QED) is 0.703. The van der Waals surface area contributed by atoms with Gasteiger partial charge in [-0.15, -0.1) is 0 Å². The van der Waals surface area contributed by atoms with Crippen LogP contribution in [-0.4, -0.2) is 30.2 Å². The van der Waals surface area contributed by atoms with Gasteiger partial charge in [-0.25, -0.2) is 0 Å². The molecule has 2 aliphatic rings. The van der Waals surface area contributed by atoms with Gasteiger partial charge in [0.2, 0.25) is 12.3 Å². The Morgan fingerprint density at radius 2 is 2.00 bits per heavy atom. The lowest BCUT2D eigenvalue weighted by Crippen LogP contribution is -2.52. The lowest BCUT2D eigenvalue weighted by Gasteiger charge is -2.32. The van der Waals surface area contributed by atoms with E-state index in [1.165, 1.54) is 4.90 Å². The Labute approximate surface area is 110 Å². The molecule has 1 aromatic carbocycles. The molecule has 19 heavy (non-hydrogen) atoms. The van der Waals surface area contributed by atoms with Crippen LogP contribution in [0.3, 0.4) is 0 Å². The molecule has 0 N–H and O–H groups in total. The largest absolute Gasteiger partial charge is 0.313 e. The van der Waals surface area contributed by atoms with E-state index in [-0.39, 0.29) is 24.2 Å². The second-order valence-corrected chi connectivity index (χ2v) is 5.12. The Hall–Kier alpha value is -2.17. The third-order valence-electron chi connectivity index (χ3n) is 4.25. The Kier molecular flexibility index (Phi) is 2.29. The number of likely N-dealkylation sites (tertiary alicyclic amines) is 1. The van der Waals surface area contributed by atoms with Crippen molar-refractivity contribution >= 4 is 23.9 Å². The van der Waals surface area contributed by atoms with Crippen molar-refractivity contribution in [1.29, 1.82) is 0 Å². The first-order valence-corrected chi connectivity index (χ1v) is 6.20. The molecule has 1 saturated heterocycles. The van der Waals surface area contributed by atoms with Crippen molar-refractivity contribution in [2.45, 2.75) is 18.9 Å². The highest BCUT2D eigenvalue weighted by molar-refractivity contribution is 6.12. The van der Waals surface area contributed by atoms with Crippen molar-refractivity contribution in [3.8, 4) is 0 Å². The van der Waals surface area contributed by atoms with Crippen LogP contribution in [0.1, 0.15) is 18.9 Å². The van der Waals surface area contributed by atoms with E-state index < -0.39 is 5.54 Å². The highest BCUT2D eigenvalue weighted by atomic mass is 16.2. The summed E-state index contributed by atoms with van der Waals surface area (Å²) >= 11 is 0. The molecule has 2 atom stereocenters. The standard InChI is InChI=1S/C14H14N2O3/c1-9-7-12(18)16(8-17)14(9)10-5-3-4-6-11(10)15(2)13(14)19/h3-6,8-9H,7H2,1-2H3. The average Bonchev–Trinajstić information content (AvgIpc) is 2.79. The molecule has 5 heteroatoms. The number of nitrogens with zero attached hydrogens (tertiary/aromatic N) is 2. The van der Waals surface area contributed by atoms with Crippen LogP contribution in [0.4, 0.5) is 5.69 Å². The number of imide groups is 1. The third-order valence-corrected chi connectivity index (χ3v) is 4.25. The van der Waals surface area contributed by atoms with E-state index >= 15 is 0 Å². The monoisotopic (exact) mass is 258 g/mol. The molecule has 2 aliphatic heterocycles. The molecule has 3 rings (SSSR count). The maximum Gasteiger partial charge on any atom is 0.258 e. The van der Waals surface area contributed by atoms with Crippen LogP contribution in [0.2, 0.25) is 0 Å². The fourth-order valence-electron chi connectivity index (χ4n) is 3.36. The molecular weight excluding hydrogens is 244 g/mol. The molecule has 2 heterocycles. The second kappa shape index (κ2) is 3.66. The number of likely N-dealkylation sites (N-methyl/N-ethyl adjacent to an activating group) is 1. The molecule has 2 unspecified atom stereocenters. The van der Waals surface area contributed by atoms with E-state index in [1.54, 1.807) is 7.05 Å². The molecule has 5 nitrogen and oxygen atoms in total. The smallest absolute Gasteiger partial charge is 0.258 e. The molecule has 1 aromatic rings. The summed E-state index contributed by atoms with van der Waals surface area (Å²) in [5.41, 5.74) is 0.360. The lowest BCUT2D eigenvalue weighted by atomic mass is 9.81. The van der Waals surface area contributed by atoms with Crippen LogP contribution in [-0.2, 0) is 19.9 Å². The van der Waals surface area contributed by atoms with Gasteiger partial charge in [0.15, 0.2) is 5.54 Å².